The molecule has 13 heteroatoms. The van der Waals surface area contributed by atoms with E-state index in [0.29, 0.717) is 5.82 Å². The molecule has 0 bridgehead atoms. The van der Waals surface area contributed by atoms with Gasteiger partial charge in [0.25, 0.3) is 5.92 Å². The second kappa shape index (κ2) is 9.91. The van der Waals surface area contributed by atoms with Crippen molar-refractivity contribution in [1.82, 2.24) is 25.3 Å². The van der Waals surface area contributed by atoms with Crippen LogP contribution in [0, 0.1) is 0 Å². The number of piperidine rings is 1. The van der Waals surface area contributed by atoms with Gasteiger partial charge in [-0.3, -0.25) is 9.59 Å². The highest BCUT2D eigenvalue weighted by molar-refractivity contribution is 5.80. The Morgan fingerprint density at radius 3 is 2.72 bits per heavy atom. The van der Waals surface area contributed by atoms with Gasteiger partial charge in [-0.05, 0) is 33.6 Å². The van der Waals surface area contributed by atoms with Gasteiger partial charge in [0.05, 0.1) is 18.7 Å². The van der Waals surface area contributed by atoms with Gasteiger partial charge < -0.3 is 29.5 Å². The average Bonchev–Trinajstić information content (AvgIpc) is 3.34. The van der Waals surface area contributed by atoms with Crippen LogP contribution in [-0.4, -0.2) is 86.3 Å². The lowest BCUT2D eigenvalue weighted by molar-refractivity contribution is -0.148. The first-order valence-electron chi connectivity index (χ1n) is 12.3. The number of aliphatic hydroxyl groups is 1. The van der Waals surface area contributed by atoms with E-state index in [-0.39, 0.29) is 44.2 Å². The van der Waals surface area contributed by atoms with Crippen LogP contribution < -0.4 is 5.32 Å². The van der Waals surface area contributed by atoms with E-state index in [1.165, 1.54) is 4.90 Å². The van der Waals surface area contributed by atoms with Crippen molar-refractivity contribution in [2.45, 2.75) is 94.9 Å². The third-order valence-electron chi connectivity index (χ3n) is 6.35. The first-order chi connectivity index (χ1) is 16.8. The molecule has 1 aromatic heterocycles. The first-order valence-corrected chi connectivity index (χ1v) is 12.3. The smallest absolute Gasteiger partial charge is 0.407 e. The Morgan fingerprint density at radius 2 is 2.06 bits per heavy atom. The molecule has 3 fully saturated rings. The third-order valence-corrected chi connectivity index (χ3v) is 6.35. The Labute approximate surface area is 207 Å². The molecule has 3 heterocycles. The lowest BCUT2D eigenvalue weighted by atomic mass is 10.0. The maximum atomic E-state index is 14.0. The molecule has 36 heavy (non-hydrogen) atoms. The number of amides is 3. The van der Waals surface area contributed by atoms with E-state index in [0.717, 1.165) is 17.7 Å². The highest BCUT2D eigenvalue weighted by Crippen LogP contribution is 2.40. The van der Waals surface area contributed by atoms with Gasteiger partial charge in [-0.25, -0.2) is 13.6 Å². The van der Waals surface area contributed by atoms with Crippen molar-refractivity contribution in [1.29, 1.82) is 0 Å². The monoisotopic (exact) mass is 513 g/mol. The maximum Gasteiger partial charge on any atom is 0.407 e. The maximum absolute atomic E-state index is 14.0. The third kappa shape index (κ3) is 6.68. The van der Waals surface area contributed by atoms with E-state index in [4.69, 9.17) is 9.26 Å². The zero-order chi connectivity index (χ0) is 26.3. The van der Waals surface area contributed by atoms with Crippen LogP contribution in [0.4, 0.5) is 13.6 Å². The van der Waals surface area contributed by atoms with E-state index >= 15 is 0 Å². The minimum atomic E-state index is -3.05. The Bertz CT molecular complexity index is 992. The molecule has 4 rings (SSSR count). The van der Waals surface area contributed by atoms with Crippen molar-refractivity contribution in [3.63, 3.8) is 0 Å². The van der Waals surface area contributed by atoms with Crippen LogP contribution in [0.15, 0.2) is 4.52 Å². The zero-order valence-corrected chi connectivity index (χ0v) is 20.7. The fourth-order valence-electron chi connectivity index (χ4n) is 4.50. The summed E-state index contributed by atoms with van der Waals surface area (Å²) in [4.78, 5) is 44.9. The van der Waals surface area contributed by atoms with Crippen molar-refractivity contribution in [3.05, 3.63) is 11.7 Å². The van der Waals surface area contributed by atoms with Crippen LogP contribution in [0.1, 0.15) is 83.0 Å². The van der Waals surface area contributed by atoms with E-state index in [1.54, 1.807) is 20.8 Å². The molecule has 3 atom stereocenters. The molecule has 0 spiro atoms. The summed E-state index contributed by atoms with van der Waals surface area (Å²) in [6, 6.07) is -1.64. The van der Waals surface area contributed by atoms with E-state index in [2.05, 4.69) is 15.5 Å². The molecule has 1 aliphatic carbocycles. The highest BCUT2D eigenvalue weighted by Gasteiger charge is 2.43. The summed E-state index contributed by atoms with van der Waals surface area (Å²) in [5.41, 5.74) is -0.825. The summed E-state index contributed by atoms with van der Waals surface area (Å²) in [5, 5.41) is 16.8. The van der Waals surface area contributed by atoms with Gasteiger partial charge in [-0.1, -0.05) is 5.16 Å². The normalized spacial score (nSPS) is 25.1. The molecule has 2 aliphatic heterocycles. The second-order valence-electron chi connectivity index (χ2n) is 10.9. The Balaban J connectivity index is 1.48. The fourth-order valence-corrected chi connectivity index (χ4v) is 4.50. The number of carbonyl (C=O) groups excluding carboxylic acids is 3. The Kier molecular flexibility index (Phi) is 7.22. The summed E-state index contributed by atoms with van der Waals surface area (Å²) >= 11 is 0. The number of hydrogen-bond donors (Lipinski definition) is 2. The Hall–Kier alpha value is -2.83. The number of aromatic nitrogens is 2. The van der Waals surface area contributed by atoms with Crippen LogP contribution in [0.2, 0.25) is 0 Å². The van der Waals surface area contributed by atoms with Crippen molar-refractivity contribution in [2.75, 3.05) is 19.6 Å². The minimum absolute atomic E-state index is 0.0184. The number of ether oxygens (including phenoxy) is 1. The quantitative estimate of drug-likeness (QED) is 0.566. The van der Waals surface area contributed by atoms with Gasteiger partial charge in [0, 0.05) is 44.7 Å². The van der Waals surface area contributed by atoms with Crippen molar-refractivity contribution < 1.29 is 37.5 Å². The summed E-state index contributed by atoms with van der Waals surface area (Å²) in [6.45, 7) is 3.94. The summed E-state index contributed by atoms with van der Waals surface area (Å²) in [5.74, 6) is -2.93. The zero-order valence-electron chi connectivity index (χ0n) is 20.7. The number of likely N-dealkylation sites (tertiary alicyclic amines) is 2. The lowest BCUT2D eigenvalue weighted by Gasteiger charge is -2.35. The molecule has 1 aromatic rings. The molecule has 0 unspecified atom stereocenters. The van der Waals surface area contributed by atoms with Gasteiger partial charge in [0.2, 0.25) is 17.7 Å². The fraction of sp³-hybridized carbons (Fsp3) is 0.783. The predicted octanol–water partition coefficient (Wildman–Crippen LogP) is 2.12. The molecule has 200 valence electrons. The van der Waals surface area contributed by atoms with Crippen LogP contribution in [0.25, 0.3) is 0 Å². The highest BCUT2D eigenvalue weighted by atomic mass is 19.3. The van der Waals surface area contributed by atoms with Crippen LogP contribution >= 0.6 is 0 Å². The number of β-amino-alcohol motifs (C(OH)–C–C–N with tert-alkyl or cyclic N) is 1. The molecule has 0 radical (unpaired) electrons. The van der Waals surface area contributed by atoms with Crippen LogP contribution in [0.3, 0.4) is 0 Å². The van der Waals surface area contributed by atoms with Crippen LogP contribution in [-0.2, 0) is 14.3 Å². The minimum Gasteiger partial charge on any atom is -0.444 e. The number of aliphatic hydroxyl groups excluding tert-OH is 1. The second-order valence-corrected chi connectivity index (χ2v) is 10.9. The SMILES string of the molecule is CC(C)(C)OC(=O)N[C@@H](CC(=O)N1C[C@H](O)C[C@H]1c1nc(C2CC2)no1)CN1CC(F)(F)CCC1=O. The summed E-state index contributed by atoms with van der Waals surface area (Å²) in [6.07, 6.45) is -0.648. The molecule has 0 aromatic carbocycles. The summed E-state index contributed by atoms with van der Waals surface area (Å²) in [7, 11) is 0. The van der Waals surface area contributed by atoms with Crippen molar-refractivity contribution in [2.24, 2.45) is 0 Å². The number of rotatable bonds is 7. The van der Waals surface area contributed by atoms with Gasteiger partial charge in [-0.2, -0.15) is 4.98 Å². The molecular weight excluding hydrogens is 480 g/mol. The number of nitrogens with zero attached hydrogens (tertiary/aromatic N) is 4. The number of alkyl halides is 2. The van der Waals surface area contributed by atoms with Gasteiger partial charge >= 0.3 is 6.09 Å². The van der Waals surface area contributed by atoms with Gasteiger partial charge in [0.1, 0.15) is 11.6 Å². The standard InChI is InChI=1S/C23H33F2N5O6/c1-22(2,3)35-21(34)26-14(10-29-12-23(24,25)7-6-17(29)32)8-18(33)30-11-15(31)9-16(30)20-27-19(28-36-20)13-4-5-13/h13-16,31H,4-12H2,1-3H3,(H,26,34)/t14-,15+,16-/m0/s1. The van der Waals surface area contributed by atoms with Crippen molar-refractivity contribution >= 4 is 17.9 Å². The molecule has 2 saturated heterocycles. The van der Waals surface area contributed by atoms with E-state index < -0.39 is 60.6 Å². The summed E-state index contributed by atoms with van der Waals surface area (Å²) < 4.78 is 38.6. The number of hydrogen-bond acceptors (Lipinski definition) is 8. The molecule has 3 amide bonds. The molecule has 11 nitrogen and oxygen atoms in total. The van der Waals surface area contributed by atoms with Crippen molar-refractivity contribution in [3.8, 4) is 0 Å². The number of nitrogens with one attached hydrogen (secondary N) is 1. The predicted molar refractivity (Wildman–Crippen MR) is 120 cm³/mol. The van der Waals surface area contributed by atoms with E-state index in [9.17, 15) is 28.3 Å². The first kappa shape index (κ1) is 26.2. The Morgan fingerprint density at radius 1 is 1.33 bits per heavy atom. The molecule has 1 saturated carbocycles. The topological polar surface area (TPSA) is 138 Å². The molecule has 3 aliphatic rings. The van der Waals surface area contributed by atoms with Gasteiger partial charge in [0.15, 0.2) is 5.82 Å². The van der Waals surface area contributed by atoms with Crippen LogP contribution in [0.5, 0.6) is 0 Å². The number of halogens is 2. The number of alkyl carbamates (subject to hydrolysis) is 1. The largest absolute Gasteiger partial charge is 0.444 e. The number of carbonyl (C=O) groups is 3. The molecular formula is C23H33F2N5O6. The lowest BCUT2D eigenvalue weighted by Crippen LogP contribution is -2.53. The average molecular weight is 514 g/mol. The van der Waals surface area contributed by atoms with Gasteiger partial charge in [-0.15, -0.1) is 0 Å². The van der Waals surface area contributed by atoms with E-state index in [1.807, 2.05) is 0 Å². The molecule has 2 N–H and O–H groups in total.